The first kappa shape index (κ1) is 20.4. The Bertz CT molecular complexity index is 511. The molecule has 0 aromatic heterocycles. The standard InChI is InChI=1S/C15H26N2O6S/c1-14(2,3)22-12(19)16-8-9(24)10(11(18)21-7)17(16)13(20)23-15(4,5)6/h9-10,24H,8H2,1-7H3. The fourth-order valence-electron chi connectivity index (χ4n) is 2.05. The van der Waals surface area contributed by atoms with Crippen molar-refractivity contribution >= 4 is 30.8 Å². The van der Waals surface area contributed by atoms with E-state index in [-0.39, 0.29) is 6.54 Å². The number of hydrogen-bond donors (Lipinski definition) is 1. The summed E-state index contributed by atoms with van der Waals surface area (Å²) in [4.78, 5) is 37.0. The van der Waals surface area contributed by atoms with Crippen LogP contribution in [0.25, 0.3) is 0 Å². The van der Waals surface area contributed by atoms with Gasteiger partial charge >= 0.3 is 18.2 Å². The first-order valence-electron chi connectivity index (χ1n) is 7.55. The van der Waals surface area contributed by atoms with Crippen molar-refractivity contribution in [3.8, 4) is 0 Å². The van der Waals surface area contributed by atoms with E-state index in [1.165, 1.54) is 7.11 Å². The van der Waals surface area contributed by atoms with Gasteiger partial charge in [0.25, 0.3) is 0 Å². The third kappa shape index (κ3) is 5.19. The molecule has 0 N–H and O–H groups in total. The largest absolute Gasteiger partial charge is 0.467 e. The van der Waals surface area contributed by atoms with Gasteiger partial charge in [-0.3, -0.25) is 0 Å². The minimum atomic E-state index is -1.08. The quantitative estimate of drug-likeness (QED) is 0.437. The molecule has 1 aliphatic heterocycles. The number of hydrazine groups is 1. The zero-order chi connectivity index (χ0) is 18.9. The Morgan fingerprint density at radius 2 is 1.42 bits per heavy atom. The number of ether oxygens (including phenoxy) is 3. The van der Waals surface area contributed by atoms with Gasteiger partial charge in [-0.1, -0.05) is 0 Å². The Kier molecular flexibility index (Phi) is 6.02. The van der Waals surface area contributed by atoms with Gasteiger partial charge in [-0.2, -0.15) is 17.6 Å². The molecule has 0 radical (unpaired) electrons. The first-order valence-corrected chi connectivity index (χ1v) is 8.07. The molecule has 0 aliphatic carbocycles. The molecule has 0 spiro atoms. The van der Waals surface area contributed by atoms with Crippen molar-refractivity contribution in [1.82, 2.24) is 10.0 Å². The molecule has 1 rings (SSSR count). The normalized spacial score (nSPS) is 21.5. The molecule has 2 amide bonds. The number of esters is 1. The third-order valence-electron chi connectivity index (χ3n) is 2.88. The van der Waals surface area contributed by atoms with Crippen molar-refractivity contribution in [2.24, 2.45) is 0 Å². The van der Waals surface area contributed by atoms with Crippen LogP contribution in [0.2, 0.25) is 0 Å². The van der Waals surface area contributed by atoms with Crippen LogP contribution < -0.4 is 0 Å². The van der Waals surface area contributed by atoms with E-state index in [0.29, 0.717) is 0 Å². The summed E-state index contributed by atoms with van der Waals surface area (Å²) in [6, 6.07) is -1.08. The lowest BCUT2D eigenvalue weighted by atomic mass is 10.2. The van der Waals surface area contributed by atoms with Crippen LogP contribution in [0.1, 0.15) is 41.5 Å². The van der Waals surface area contributed by atoms with Crippen molar-refractivity contribution < 1.29 is 28.6 Å². The van der Waals surface area contributed by atoms with Crippen LogP contribution in [0.5, 0.6) is 0 Å². The SMILES string of the molecule is COC(=O)C1C(S)CN(C(=O)OC(C)(C)C)N1C(=O)OC(C)(C)C. The van der Waals surface area contributed by atoms with Crippen LogP contribution in [-0.4, -0.2) is 64.3 Å². The van der Waals surface area contributed by atoms with Crippen molar-refractivity contribution in [2.45, 2.75) is 64.0 Å². The molecule has 2 atom stereocenters. The predicted molar refractivity (Wildman–Crippen MR) is 89.6 cm³/mol. The van der Waals surface area contributed by atoms with Crippen LogP contribution in [-0.2, 0) is 19.0 Å². The van der Waals surface area contributed by atoms with Crippen molar-refractivity contribution in [2.75, 3.05) is 13.7 Å². The molecule has 1 heterocycles. The maximum Gasteiger partial charge on any atom is 0.430 e. The molecule has 138 valence electrons. The van der Waals surface area contributed by atoms with Crippen LogP contribution in [0.3, 0.4) is 0 Å². The van der Waals surface area contributed by atoms with Crippen LogP contribution in [0.4, 0.5) is 9.59 Å². The van der Waals surface area contributed by atoms with Crippen LogP contribution in [0.15, 0.2) is 0 Å². The molecule has 0 saturated carbocycles. The average Bonchev–Trinajstić information content (AvgIpc) is 2.71. The molecule has 1 aliphatic rings. The predicted octanol–water partition coefficient (Wildman–Crippen LogP) is 2.23. The summed E-state index contributed by atoms with van der Waals surface area (Å²) in [5.74, 6) is -0.688. The van der Waals surface area contributed by atoms with Gasteiger partial charge in [-0.15, -0.1) is 0 Å². The van der Waals surface area contributed by atoms with Gasteiger partial charge in [0.1, 0.15) is 11.2 Å². The minimum absolute atomic E-state index is 0.0109. The topological polar surface area (TPSA) is 85.4 Å². The molecule has 2 unspecified atom stereocenters. The summed E-state index contributed by atoms with van der Waals surface area (Å²) < 4.78 is 15.3. The fourth-order valence-corrected chi connectivity index (χ4v) is 2.46. The van der Waals surface area contributed by atoms with Crippen molar-refractivity contribution in [3.63, 3.8) is 0 Å². The summed E-state index contributed by atoms with van der Waals surface area (Å²) in [6.45, 7) is 10.2. The lowest BCUT2D eigenvalue weighted by Crippen LogP contribution is -2.53. The molecular formula is C15H26N2O6S. The molecule has 9 heteroatoms. The Morgan fingerprint density at radius 3 is 1.83 bits per heavy atom. The summed E-state index contributed by atoms with van der Waals surface area (Å²) in [6.07, 6.45) is -1.61. The van der Waals surface area contributed by atoms with Gasteiger partial charge in [0, 0.05) is 0 Å². The molecule has 1 saturated heterocycles. The lowest BCUT2D eigenvalue weighted by Gasteiger charge is -2.33. The molecule has 0 aromatic rings. The molecular weight excluding hydrogens is 336 g/mol. The van der Waals surface area contributed by atoms with E-state index >= 15 is 0 Å². The van der Waals surface area contributed by atoms with Gasteiger partial charge in [-0.25, -0.2) is 19.4 Å². The second-order valence-electron chi connectivity index (χ2n) is 7.42. The summed E-state index contributed by atoms with van der Waals surface area (Å²) in [5, 5.41) is 1.32. The highest BCUT2D eigenvalue weighted by atomic mass is 32.1. The summed E-state index contributed by atoms with van der Waals surface area (Å²) >= 11 is 4.31. The maximum atomic E-state index is 12.5. The van der Waals surface area contributed by atoms with Crippen LogP contribution >= 0.6 is 12.6 Å². The number of hydrogen-bond acceptors (Lipinski definition) is 7. The van der Waals surface area contributed by atoms with Gasteiger partial charge < -0.3 is 14.2 Å². The molecule has 0 aromatic carbocycles. The van der Waals surface area contributed by atoms with E-state index in [4.69, 9.17) is 14.2 Å². The Morgan fingerprint density at radius 1 is 0.958 bits per heavy atom. The second kappa shape index (κ2) is 7.08. The highest BCUT2D eigenvalue weighted by Crippen LogP contribution is 2.28. The monoisotopic (exact) mass is 362 g/mol. The highest BCUT2D eigenvalue weighted by Gasteiger charge is 2.50. The van der Waals surface area contributed by atoms with E-state index in [9.17, 15) is 14.4 Å². The van der Waals surface area contributed by atoms with Crippen molar-refractivity contribution in [1.29, 1.82) is 0 Å². The average molecular weight is 362 g/mol. The second-order valence-corrected chi connectivity index (χ2v) is 8.09. The number of carbonyl (C=O) groups excluding carboxylic acids is 3. The zero-order valence-corrected chi connectivity index (χ0v) is 16.0. The lowest BCUT2D eigenvalue weighted by molar-refractivity contribution is -0.149. The molecule has 24 heavy (non-hydrogen) atoms. The van der Waals surface area contributed by atoms with E-state index in [0.717, 1.165) is 10.0 Å². The smallest absolute Gasteiger partial charge is 0.430 e. The number of nitrogens with zero attached hydrogens (tertiary/aromatic N) is 2. The summed E-state index contributed by atoms with van der Waals surface area (Å²) in [7, 11) is 1.20. The number of carbonyl (C=O) groups is 3. The third-order valence-corrected chi connectivity index (χ3v) is 3.32. The van der Waals surface area contributed by atoms with Gasteiger partial charge in [0.2, 0.25) is 0 Å². The number of amides is 2. The first-order chi connectivity index (χ1) is 10.8. The number of thiol groups is 1. The van der Waals surface area contributed by atoms with Gasteiger partial charge in [0.05, 0.1) is 18.9 Å². The van der Waals surface area contributed by atoms with E-state index in [2.05, 4.69) is 12.6 Å². The van der Waals surface area contributed by atoms with E-state index < -0.39 is 40.6 Å². The Labute approximate surface area is 147 Å². The van der Waals surface area contributed by atoms with Crippen LogP contribution in [0, 0.1) is 0 Å². The molecule has 0 bridgehead atoms. The minimum Gasteiger partial charge on any atom is -0.467 e. The van der Waals surface area contributed by atoms with Crippen molar-refractivity contribution in [3.05, 3.63) is 0 Å². The summed E-state index contributed by atoms with van der Waals surface area (Å²) in [5.41, 5.74) is -1.56. The Balaban J connectivity index is 3.14. The highest BCUT2D eigenvalue weighted by molar-refractivity contribution is 7.81. The van der Waals surface area contributed by atoms with Gasteiger partial charge in [0.15, 0.2) is 6.04 Å². The zero-order valence-electron chi connectivity index (χ0n) is 15.2. The molecule has 8 nitrogen and oxygen atoms in total. The fraction of sp³-hybridized carbons (Fsp3) is 0.800. The molecule has 1 fully saturated rings. The maximum absolute atomic E-state index is 12.5. The number of rotatable bonds is 1. The Hall–Kier alpha value is -1.64. The van der Waals surface area contributed by atoms with E-state index in [1.807, 2.05) is 0 Å². The van der Waals surface area contributed by atoms with E-state index in [1.54, 1.807) is 41.5 Å². The number of methoxy groups -OCH3 is 1. The van der Waals surface area contributed by atoms with Gasteiger partial charge in [-0.05, 0) is 41.5 Å².